The van der Waals surface area contributed by atoms with Gasteiger partial charge in [-0.25, -0.2) is 0 Å². The van der Waals surface area contributed by atoms with Crippen LogP contribution >= 0.6 is 0 Å². The molecule has 0 saturated heterocycles. The number of H-pyrrole nitrogens is 1. The largest absolute Gasteiger partial charge is 0.353 e. The van der Waals surface area contributed by atoms with E-state index in [0.717, 1.165) is 51.6 Å². The van der Waals surface area contributed by atoms with Crippen LogP contribution in [0.15, 0.2) is 54.6 Å². The number of nitrogens with one attached hydrogen (secondary N) is 1. The van der Waals surface area contributed by atoms with Gasteiger partial charge in [-0.3, -0.25) is 9.78 Å². The molecule has 1 N–H and O–H groups in total. The van der Waals surface area contributed by atoms with Crippen LogP contribution in [0.1, 0.15) is 33.7 Å². The molecule has 0 unspecified atom stereocenters. The van der Waals surface area contributed by atoms with Crippen molar-refractivity contribution in [1.29, 1.82) is 0 Å². The van der Waals surface area contributed by atoms with E-state index in [9.17, 15) is 4.79 Å². The average molecular weight is 312 g/mol. The van der Waals surface area contributed by atoms with E-state index in [1.807, 2.05) is 18.2 Å². The fourth-order valence-corrected chi connectivity index (χ4v) is 3.79. The van der Waals surface area contributed by atoms with Crippen molar-refractivity contribution in [2.24, 2.45) is 0 Å². The summed E-state index contributed by atoms with van der Waals surface area (Å²) >= 11 is 0. The zero-order valence-corrected chi connectivity index (χ0v) is 13.2. The van der Waals surface area contributed by atoms with Crippen molar-refractivity contribution < 1.29 is 4.79 Å². The van der Waals surface area contributed by atoms with Gasteiger partial charge in [0.15, 0.2) is 5.78 Å². The summed E-state index contributed by atoms with van der Waals surface area (Å²) in [5.41, 5.74) is 6.13. The van der Waals surface area contributed by atoms with Crippen molar-refractivity contribution in [2.75, 3.05) is 0 Å². The Morgan fingerprint density at radius 2 is 1.75 bits per heavy atom. The van der Waals surface area contributed by atoms with Gasteiger partial charge >= 0.3 is 0 Å². The van der Waals surface area contributed by atoms with Crippen LogP contribution in [0, 0.1) is 0 Å². The molecule has 0 radical (unpaired) electrons. The first kappa shape index (κ1) is 13.5. The summed E-state index contributed by atoms with van der Waals surface area (Å²) in [5, 5.41) is 2.18. The first-order chi connectivity index (χ1) is 11.8. The lowest BCUT2D eigenvalue weighted by molar-refractivity contribution is 0.0996. The zero-order valence-electron chi connectivity index (χ0n) is 13.2. The Bertz CT molecular complexity index is 1090. The highest BCUT2D eigenvalue weighted by Crippen LogP contribution is 2.36. The molecule has 2 aromatic carbocycles. The Morgan fingerprint density at radius 1 is 0.958 bits per heavy atom. The van der Waals surface area contributed by atoms with E-state index in [0.29, 0.717) is 6.42 Å². The number of carbonyl (C=O) groups is 1. The Hall–Kier alpha value is -2.94. The van der Waals surface area contributed by atoms with Crippen LogP contribution in [-0.2, 0) is 12.8 Å². The Labute approximate surface area is 139 Å². The molecule has 0 spiro atoms. The predicted octanol–water partition coefficient (Wildman–Crippen LogP) is 4.44. The highest BCUT2D eigenvalue weighted by Gasteiger charge is 2.27. The van der Waals surface area contributed by atoms with Crippen molar-refractivity contribution in [1.82, 2.24) is 9.97 Å². The van der Waals surface area contributed by atoms with Gasteiger partial charge in [-0.2, -0.15) is 0 Å². The maximum Gasteiger partial charge on any atom is 0.165 e. The quantitative estimate of drug-likeness (QED) is 0.595. The van der Waals surface area contributed by atoms with Crippen LogP contribution in [0.5, 0.6) is 0 Å². The van der Waals surface area contributed by atoms with Crippen molar-refractivity contribution in [3.05, 3.63) is 77.1 Å². The number of hydrogen-bond donors (Lipinski definition) is 1. The topological polar surface area (TPSA) is 45.8 Å². The van der Waals surface area contributed by atoms with E-state index in [1.165, 1.54) is 5.56 Å². The molecule has 0 atom stereocenters. The van der Waals surface area contributed by atoms with Gasteiger partial charge < -0.3 is 4.98 Å². The SMILES string of the molecule is O=C1CCc2nc(Cc3ccccc3)c3[nH]c4ccccc4c3c21. The number of nitrogens with zero attached hydrogens (tertiary/aromatic N) is 1. The van der Waals surface area contributed by atoms with Crippen molar-refractivity contribution in [3.8, 4) is 0 Å². The standard InChI is InChI=1S/C21H16N2O/c24-18-11-10-16-20(18)19-14-8-4-5-9-15(14)23-21(19)17(22-16)12-13-6-2-1-3-7-13/h1-9,23H,10-12H2. The Balaban J connectivity index is 1.84. The van der Waals surface area contributed by atoms with Gasteiger partial charge in [-0.15, -0.1) is 0 Å². The summed E-state index contributed by atoms with van der Waals surface area (Å²) in [7, 11) is 0. The third kappa shape index (κ3) is 1.91. The third-order valence-electron chi connectivity index (χ3n) is 4.89. The highest BCUT2D eigenvalue weighted by atomic mass is 16.1. The lowest BCUT2D eigenvalue weighted by atomic mass is 10.0. The van der Waals surface area contributed by atoms with E-state index >= 15 is 0 Å². The number of rotatable bonds is 2. The third-order valence-corrected chi connectivity index (χ3v) is 4.89. The molecule has 0 amide bonds. The number of ketones is 1. The van der Waals surface area contributed by atoms with Gasteiger partial charge in [-0.1, -0.05) is 48.5 Å². The maximum atomic E-state index is 12.4. The number of para-hydroxylation sites is 1. The normalized spacial score (nSPS) is 13.8. The molecule has 5 rings (SSSR count). The molecule has 2 aromatic heterocycles. The van der Waals surface area contributed by atoms with Crippen molar-refractivity contribution in [2.45, 2.75) is 19.3 Å². The minimum atomic E-state index is 0.221. The highest BCUT2D eigenvalue weighted by molar-refractivity contribution is 6.20. The number of benzene rings is 2. The molecule has 0 aliphatic heterocycles. The van der Waals surface area contributed by atoms with Crippen molar-refractivity contribution >= 4 is 27.6 Å². The van der Waals surface area contributed by atoms with E-state index in [-0.39, 0.29) is 5.78 Å². The Morgan fingerprint density at radius 3 is 2.62 bits per heavy atom. The van der Waals surface area contributed by atoms with Gasteiger partial charge in [0.1, 0.15) is 0 Å². The van der Waals surface area contributed by atoms with E-state index < -0.39 is 0 Å². The van der Waals surface area contributed by atoms with Crippen LogP contribution in [0.2, 0.25) is 0 Å². The second-order valence-electron chi connectivity index (χ2n) is 6.39. The number of aromatic nitrogens is 2. The van der Waals surface area contributed by atoms with E-state index in [1.54, 1.807) is 0 Å². The van der Waals surface area contributed by atoms with Gasteiger partial charge in [0.25, 0.3) is 0 Å². The molecule has 116 valence electrons. The number of hydrogen-bond acceptors (Lipinski definition) is 2. The molecule has 0 fully saturated rings. The first-order valence-corrected chi connectivity index (χ1v) is 8.30. The molecule has 1 aliphatic carbocycles. The molecule has 3 heteroatoms. The molecule has 0 saturated carbocycles. The van der Waals surface area contributed by atoms with Crippen LogP contribution in [0.3, 0.4) is 0 Å². The second kappa shape index (κ2) is 5.03. The summed E-state index contributed by atoms with van der Waals surface area (Å²) in [4.78, 5) is 20.8. The van der Waals surface area contributed by atoms with E-state index in [2.05, 4.69) is 41.4 Å². The molecule has 24 heavy (non-hydrogen) atoms. The van der Waals surface area contributed by atoms with E-state index in [4.69, 9.17) is 4.98 Å². The number of Topliss-reactive ketones (excluding diaryl/α,β-unsaturated/α-hetero) is 1. The van der Waals surface area contributed by atoms with Crippen molar-refractivity contribution in [3.63, 3.8) is 0 Å². The van der Waals surface area contributed by atoms with Crippen LogP contribution in [0.25, 0.3) is 21.8 Å². The predicted molar refractivity (Wildman–Crippen MR) is 95.5 cm³/mol. The molecule has 4 aromatic rings. The summed E-state index contributed by atoms with van der Waals surface area (Å²) in [6.45, 7) is 0. The van der Waals surface area contributed by atoms with Crippen LogP contribution < -0.4 is 0 Å². The van der Waals surface area contributed by atoms with Crippen LogP contribution in [0.4, 0.5) is 0 Å². The fourth-order valence-electron chi connectivity index (χ4n) is 3.79. The van der Waals surface area contributed by atoms with Gasteiger partial charge in [0.2, 0.25) is 0 Å². The minimum absolute atomic E-state index is 0.221. The monoisotopic (exact) mass is 312 g/mol. The summed E-state index contributed by atoms with van der Waals surface area (Å²) in [6, 6.07) is 18.6. The average Bonchev–Trinajstić information content (AvgIpc) is 3.17. The summed E-state index contributed by atoms with van der Waals surface area (Å²) in [6.07, 6.45) is 2.10. The molecular weight excluding hydrogens is 296 g/mol. The molecule has 2 heterocycles. The van der Waals surface area contributed by atoms with Crippen LogP contribution in [-0.4, -0.2) is 15.8 Å². The summed E-state index contributed by atoms with van der Waals surface area (Å²) in [5.74, 6) is 0.221. The van der Waals surface area contributed by atoms with Gasteiger partial charge in [0, 0.05) is 34.7 Å². The number of fused-ring (bicyclic) bond motifs is 5. The molecular formula is C21H16N2O. The second-order valence-corrected chi connectivity index (χ2v) is 6.39. The number of aromatic amines is 1. The molecule has 3 nitrogen and oxygen atoms in total. The molecule has 1 aliphatic rings. The summed E-state index contributed by atoms with van der Waals surface area (Å²) < 4.78 is 0. The lowest BCUT2D eigenvalue weighted by Gasteiger charge is -2.07. The lowest BCUT2D eigenvalue weighted by Crippen LogP contribution is -2.01. The van der Waals surface area contributed by atoms with Gasteiger partial charge in [0.05, 0.1) is 16.9 Å². The van der Waals surface area contributed by atoms with Gasteiger partial charge in [-0.05, 0) is 18.1 Å². The minimum Gasteiger partial charge on any atom is -0.353 e. The molecule has 0 bridgehead atoms. The number of carbonyl (C=O) groups excluding carboxylic acids is 1. The first-order valence-electron chi connectivity index (χ1n) is 8.30. The fraction of sp³-hybridized carbons (Fsp3) is 0.143. The Kier molecular flexibility index (Phi) is 2.83. The number of pyridine rings is 1. The smallest absolute Gasteiger partial charge is 0.165 e. The zero-order chi connectivity index (χ0) is 16.1. The number of aryl methyl sites for hydroxylation is 1. The maximum absolute atomic E-state index is 12.4.